The fourth-order valence-electron chi connectivity index (χ4n) is 3.09. The van der Waals surface area contributed by atoms with Crippen LogP contribution in [0.25, 0.3) is 0 Å². The Morgan fingerprint density at radius 2 is 2.11 bits per heavy atom. The zero-order chi connectivity index (χ0) is 19.6. The number of methoxy groups -OCH3 is 1. The number of anilines is 1. The fourth-order valence-corrected chi connectivity index (χ4v) is 3.09. The van der Waals surface area contributed by atoms with E-state index in [-0.39, 0.29) is 24.4 Å². The number of amides is 2. The molecule has 27 heavy (non-hydrogen) atoms. The molecule has 0 saturated carbocycles. The Kier molecular flexibility index (Phi) is 8.33. The van der Waals surface area contributed by atoms with E-state index in [0.717, 1.165) is 19.3 Å². The number of nitrogens with zero attached hydrogens (tertiary/aromatic N) is 1. The molecule has 1 aliphatic carbocycles. The maximum Gasteiger partial charge on any atom is 0.238 e. The Bertz CT molecular complexity index is 672. The fraction of sp³-hybridized carbons (Fsp3) is 0.524. The molecule has 6 nitrogen and oxygen atoms in total. The highest BCUT2D eigenvalue weighted by molar-refractivity contribution is 5.93. The highest BCUT2D eigenvalue weighted by atomic mass is 16.5. The van der Waals surface area contributed by atoms with E-state index in [1.807, 2.05) is 19.1 Å². The lowest BCUT2D eigenvalue weighted by molar-refractivity contribution is -0.126. The largest absolute Gasteiger partial charge is 0.497 e. The predicted molar refractivity (Wildman–Crippen MR) is 108 cm³/mol. The molecule has 0 heterocycles. The Hall–Kier alpha value is -2.34. The summed E-state index contributed by atoms with van der Waals surface area (Å²) in [6.07, 6.45) is 8.05. The first kappa shape index (κ1) is 21.0. The Balaban J connectivity index is 1.74. The van der Waals surface area contributed by atoms with Gasteiger partial charge in [0.25, 0.3) is 0 Å². The first-order valence-corrected chi connectivity index (χ1v) is 9.59. The van der Waals surface area contributed by atoms with Gasteiger partial charge < -0.3 is 15.4 Å². The molecule has 1 aliphatic rings. The van der Waals surface area contributed by atoms with Crippen molar-refractivity contribution in [2.75, 3.05) is 32.6 Å². The molecule has 1 aromatic rings. The summed E-state index contributed by atoms with van der Waals surface area (Å²) in [5.41, 5.74) is 2.12. The van der Waals surface area contributed by atoms with E-state index in [0.29, 0.717) is 18.0 Å². The lowest BCUT2D eigenvalue weighted by Gasteiger charge is -2.23. The summed E-state index contributed by atoms with van der Waals surface area (Å²) in [6, 6.07) is 6.82. The molecule has 2 amide bonds. The second-order valence-corrected chi connectivity index (χ2v) is 7.02. The van der Waals surface area contributed by atoms with Gasteiger partial charge in [0.2, 0.25) is 11.8 Å². The van der Waals surface area contributed by atoms with Crippen molar-refractivity contribution < 1.29 is 14.3 Å². The lowest BCUT2D eigenvalue weighted by Crippen LogP contribution is -2.46. The van der Waals surface area contributed by atoms with Gasteiger partial charge in [-0.15, -0.1) is 0 Å². The van der Waals surface area contributed by atoms with E-state index in [9.17, 15) is 9.59 Å². The molecular weight excluding hydrogens is 342 g/mol. The number of benzene rings is 1. The Morgan fingerprint density at radius 3 is 2.81 bits per heavy atom. The second-order valence-electron chi connectivity index (χ2n) is 7.02. The van der Waals surface area contributed by atoms with Gasteiger partial charge in [0.05, 0.1) is 19.7 Å². The van der Waals surface area contributed by atoms with Crippen molar-refractivity contribution in [1.29, 1.82) is 0 Å². The smallest absolute Gasteiger partial charge is 0.238 e. The number of hydrogen-bond donors (Lipinski definition) is 2. The zero-order valence-electron chi connectivity index (χ0n) is 16.6. The first-order chi connectivity index (χ1) is 13.0. The van der Waals surface area contributed by atoms with Crippen molar-refractivity contribution >= 4 is 17.5 Å². The van der Waals surface area contributed by atoms with Gasteiger partial charge in [-0.2, -0.15) is 0 Å². The SMILES string of the molecule is COc1cccc(NC(=O)CN(C)[C@@H](C)C(=O)NCCC2=CCCCC2)c1. The van der Waals surface area contributed by atoms with Crippen molar-refractivity contribution in [3.63, 3.8) is 0 Å². The minimum Gasteiger partial charge on any atom is -0.497 e. The third-order valence-corrected chi connectivity index (χ3v) is 4.92. The molecule has 2 N–H and O–H groups in total. The zero-order valence-corrected chi connectivity index (χ0v) is 16.6. The normalized spacial score (nSPS) is 15.0. The van der Waals surface area contributed by atoms with E-state index in [4.69, 9.17) is 4.74 Å². The molecule has 0 saturated heterocycles. The molecule has 0 unspecified atom stereocenters. The molecule has 0 aliphatic heterocycles. The highest BCUT2D eigenvalue weighted by Crippen LogP contribution is 2.19. The van der Waals surface area contributed by atoms with Crippen LogP contribution in [-0.2, 0) is 9.59 Å². The van der Waals surface area contributed by atoms with Crippen molar-refractivity contribution in [3.8, 4) is 5.75 Å². The number of likely N-dealkylation sites (N-methyl/N-ethyl adjacent to an activating group) is 1. The van der Waals surface area contributed by atoms with Gasteiger partial charge in [0.1, 0.15) is 5.75 Å². The summed E-state index contributed by atoms with van der Waals surface area (Å²) < 4.78 is 5.15. The van der Waals surface area contributed by atoms with Crippen molar-refractivity contribution in [2.45, 2.75) is 45.1 Å². The summed E-state index contributed by atoms with van der Waals surface area (Å²) >= 11 is 0. The van der Waals surface area contributed by atoms with Crippen molar-refractivity contribution in [1.82, 2.24) is 10.2 Å². The van der Waals surface area contributed by atoms with Crippen LogP contribution in [0.15, 0.2) is 35.9 Å². The van der Waals surface area contributed by atoms with Crippen LogP contribution in [0.4, 0.5) is 5.69 Å². The van der Waals surface area contributed by atoms with Gasteiger partial charge in [-0.05, 0) is 58.2 Å². The van der Waals surface area contributed by atoms with Crippen molar-refractivity contribution in [3.05, 3.63) is 35.9 Å². The van der Waals surface area contributed by atoms with E-state index < -0.39 is 0 Å². The quantitative estimate of drug-likeness (QED) is 0.653. The van der Waals surface area contributed by atoms with Gasteiger partial charge in [-0.25, -0.2) is 0 Å². The number of ether oxygens (including phenoxy) is 1. The first-order valence-electron chi connectivity index (χ1n) is 9.59. The van der Waals surface area contributed by atoms with Crippen LogP contribution < -0.4 is 15.4 Å². The predicted octanol–water partition coefficient (Wildman–Crippen LogP) is 2.96. The van der Waals surface area contributed by atoms with E-state index in [1.165, 1.54) is 18.4 Å². The molecule has 1 atom stereocenters. The highest BCUT2D eigenvalue weighted by Gasteiger charge is 2.20. The van der Waals surface area contributed by atoms with Crippen LogP contribution in [0.5, 0.6) is 5.75 Å². The number of hydrogen-bond acceptors (Lipinski definition) is 4. The average molecular weight is 373 g/mol. The number of rotatable bonds is 9. The molecule has 0 spiro atoms. The van der Waals surface area contributed by atoms with Crippen LogP contribution in [0, 0.1) is 0 Å². The third kappa shape index (κ3) is 7.06. The van der Waals surface area contributed by atoms with Crippen LogP contribution in [0.1, 0.15) is 39.0 Å². The topological polar surface area (TPSA) is 70.7 Å². The minimum absolute atomic E-state index is 0.0527. The number of carbonyl (C=O) groups is 2. The molecule has 6 heteroatoms. The third-order valence-electron chi connectivity index (χ3n) is 4.92. The number of allylic oxidation sites excluding steroid dienone is 1. The summed E-state index contributed by atoms with van der Waals surface area (Å²) in [6.45, 7) is 2.60. The second kappa shape index (κ2) is 10.7. The molecule has 0 bridgehead atoms. The Morgan fingerprint density at radius 1 is 1.30 bits per heavy atom. The number of carbonyl (C=O) groups excluding carboxylic acids is 2. The lowest BCUT2D eigenvalue weighted by atomic mass is 9.97. The van der Waals surface area contributed by atoms with Gasteiger partial charge >= 0.3 is 0 Å². The van der Waals surface area contributed by atoms with Crippen LogP contribution in [0.3, 0.4) is 0 Å². The van der Waals surface area contributed by atoms with Crippen LogP contribution >= 0.6 is 0 Å². The van der Waals surface area contributed by atoms with Crippen LogP contribution in [-0.4, -0.2) is 50.0 Å². The summed E-state index contributed by atoms with van der Waals surface area (Å²) in [4.78, 5) is 26.3. The van der Waals surface area contributed by atoms with E-state index in [1.54, 1.807) is 31.2 Å². The average Bonchev–Trinajstić information content (AvgIpc) is 2.68. The maximum atomic E-state index is 12.3. The Labute approximate surface area is 162 Å². The van der Waals surface area contributed by atoms with E-state index in [2.05, 4.69) is 16.7 Å². The maximum absolute atomic E-state index is 12.3. The van der Waals surface area contributed by atoms with Gasteiger partial charge in [-0.3, -0.25) is 14.5 Å². The van der Waals surface area contributed by atoms with Crippen LogP contribution in [0.2, 0.25) is 0 Å². The summed E-state index contributed by atoms with van der Waals surface area (Å²) in [5, 5.41) is 5.81. The molecule has 0 fully saturated rings. The van der Waals surface area contributed by atoms with E-state index >= 15 is 0 Å². The van der Waals surface area contributed by atoms with Gasteiger partial charge in [0.15, 0.2) is 0 Å². The molecule has 2 rings (SSSR count). The van der Waals surface area contributed by atoms with Crippen molar-refractivity contribution in [2.24, 2.45) is 0 Å². The molecule has 1 aromatic carbocycles. The summed E-state index contributed by atoms with van der Waals surface area (Å²) in [7, 11) is 3.36. The monoisotopic (exact) mass is 373 g/mol. The standard InChI is InChI=1S/C21H31N3O3/c1-16(21(26)22-13-12-17-8-5-4-6-9-17)24(2)15-20(25)23-18-10-7-11-19(14-18)27-3/h7-8,10-11,14,16H,4-6,9,12-13,15H2,1-3H3,(H,22,26)(H,23,25)/t16-/m0/s1. The summed E-state index contributed by atoms with van der Waals surface area (Å²) in [5.74, 6) is 0.461. The van der Waals surface area contributed by atoms with Gasteiger partial charge in [-0.1, -0.05) is 17.7 Å². The molecule has 0 radical (unpaired) electrons. The van der Waals surface area contributed by atoms with Gasteiger partial charge in [0, 0.05) is 18.3 Å². The molecular formula is C21H31N3O3. The minimum atomic E-state index is -0.374. The number of nitrogens with one attached hydrogen (secondary N) is 2. The molecule has 148 valence electrons. The molecule has 0 aromatic heterocycles.